The summed E-state index contributed by atoms with van der Waals surface area (Å²) >= 11 is 0. The third-order valence-corrected chi connectivity index (χ3v) is 6.61. The van der Waals surface area contributed by atoms with Gasteiger partial charge in [0, 0.05) is 13.1 Å². The average molecular weight is 508 g/mol. The number of rotatable bonds is 12. The number of halogens is 1. The number of hydrogen-bond donors (Lipinski definition) is 1. The molecule has 0 aliphatic rings. The van der Waals surface area contributed by atoms with Gasteiger partial charge in [-0.15, -0.1) is 0 Å². The molecule has 0 saturated heterocycles. The van der Waals surface area contributed by atoms with Crippen LogP contribution in [0, 0.1) is 12.7 Å². The summed E-state index contributed by atoms with van der Waals surface area (Å²) in [7, 11) is -2.47. The molecule has 1 N–H and O–H groups in total. The van der Waals surface area contributed by atoms with Crippen molar-refractivity contribution in [3.8, 4) is 5.75 Å². The second-order valence-corrected chi connectivity index (χ2v) is 10.2. The fraction of sp³-hybridized carbons (Fsp3) is 0.440. The van der Waals surface area contributed by atoms with Gasteiger partial charge in [-0.3, -0.25) is 13.9 Å². The highest BCUT2D eigenvalue weighted by Crippen LogP contribution is 2.31. The predicted molar refractivity (Wildman–Crippen MR) is 134 cm³/mol. The van der Waals surface area contributed by atoms with Crippen molar-refractivity contribution in [1.29, 1.82) is 0 Å². The molecule has 0 unspecified atom stereocenters. The summed E-state index contributed by atoms with van der Waals surface area (Å²) in [5, 5.41) is 2.81. The lowest BCUT2D eigenvalue weighted by atomic mass is 10.1. The molecule has 2 rings (SSSR count). The number of benzene rings is 2. The highest BCUT2D eigenvalue weighted by Gasteiger charge is 2.32. The van der Waals surface area contributed by atoms with Crippen molar-refractivity contribution < 1.29 is 27.1 Å². The maximum Gasteiger partial charge on any atom is 0.244 e. The van der Waals surface area contributed by atoms with Crippen molar-refractivity contribution in [2.24, 2.45) is 0 Å². The molecule has 0 spiro atoms. The maximum atomic E-state index is 13.6. The van der Waals surface area contributed by atoms with Gasteiger partial charge in [-0.05, 0) is 55.2 Å². The fourth-order valence-electron chi connectivity index (χ4n) is 3.66. The van der Waals surface area contributed by atoms with E-state index in [2.05, 4.69) is 5.32 Å². The van der Waals surface area contributed by atoms with Crippen molar-refractivity contribution >= 4 is 27.5 Å². The summed E-state index contributed by atoms with van der Waals surface area (Å²) in [6.07, 6.45) is 2.05. The molecule has 2 aromatic carbocycles. The van der Waals surface area contributed by atoms with Crippen molar-refractivity contribution in [3.63, 3.8) is 0 Å². The number of carbonyl (C=O) groups is 2. The molecule has 0 aromatic heterocycles. The van der Waals surface area contributed by atoms with Crippen LogP contribution in [-0.2, 0) is 26.2 Å². The van der Waals surface area contributed by atoms with Gasteiger partial charge < -0.3 is 15.0 Å². The SMILES string of the molecule is CCCNC(=O)[C@H](CC)N(Cc1ccc(F)cc1)C(=O)CN(c1cc(C)ccc1OC)S(C)(=O)=O. The van der Waals surface area contributed by atoms with Crippen LogP contribution in [0.2, 0.25) is 0 Å². The number of methoxy groups -OCH3 is 1. The van der Waals surface area contributed by atoms with Crippen molar-refractivity contribution in [1.82, 2.24) is 10.2 Å². The first-order valence-electron chi connectivity index (χ1n) is 11.5. The fourth-order valence-corrected chi connectivity index (χ4v) is 4.51. The number of carbonyl (C=O) groups excluding carboxylic acids is 2. The number of anilines is 1. The maximum absolute atomic E-state index is 13.6. The van der Waals surface area contributed by atoms with Gasteiger partial charge in [-0.2, -0.15) is 0 Å². The second-order valence-electron chi connectivity index (χ2n) is 8.31. The lowest BCUT2D eigenvalue weighted by Gasteiger charge is -2.33. The first-order chi connectivity index (χ1) is 16.5. The van der Waals surface area contributed by atoms with Gasteiger partial charge in [0.15, 0.2) is 0 Å². The Hall–Kier alpha value is -3.14. The Morgan fingerprint density at radius 1 is 1.11 bits per heavy atom. The molecule has 0 bridgehead atoms. The Morgan fingerprint density at radius 3 is 2.31 bits per heavy atom. The normalized spacial score (nSPS) is 12.1. The molecule has 0 radical (unpaired) electrons. The lowest BCUT2D eigenvalue weighted by Crippen LogP contribution is -2.52. The van der Waals surface area contributed by atoms with E-state index in [1.165, 1.54) is 36.3 Å². The molecule has 2 amide bonds. The third-order valence-electron chi connectivity index (χ3n) is 5.48. The van der Waals surface area contributed by atoms with Crippen LogP contribution in [0.5, 0.6) is 5.75 Å². The first kappa shape index (κ1) is 28.1. The van der Waals surface area contributed by atoms with E-state index in [0.29, 0.717) is 24.3 Å². The third kappa shape index (κ3) is 7.68. The topological polar surface area (TPSA) is 96.0 Å². The highest BCUT2D eigenvalue weighted by molar-refractivity contribution is 7.92. The van der Waals surface area contributed by atoms with E-state index in [9.17, 15) is 22.4 Å². The van der Waals surface area contributed by atoms with Gasteiger partial charge in [0.25, 0.3) is 0 Å². The Morgan fingerprint density at radius 2 is 1.77 bits per heavy atom. The second kappa shape index (κ2) is 12.5. The van der Waals surface area contributed by atoms with Crippen molar-refractivity contribution in [2.45, 2.75) is 46.2 Å². The number of hydrogen-bond acceptors (Lipinski definition) is 5. The Labute approximate surface area is 207 Å². The zero-order chi connectivity index (χ0) is 26.2. The number of ether oxygens (including phenoxy) is 1. The van der Waals surface area contributed by atoms with E-state index in [-0.39, 0.29) is 18.1 Å². The van der Waals surface area contributed by atoms with Gasteiger partial charge in [-0.25, -0.2) is 12.8 Å². The zero-order valence-corrected chi connectivity index (χ0v) is 21.7. The van der Waals surface area contributed by atoms with Crippen LogP contribution in [0.4, 0.5) is 10.1 Å². The highest BCUT2D eigenvalue weighted by atomic mass is 32.2. The molecule has 1 atom stereocenters. The van der Waals surface area contributed by atoms with Gasteiger partial charge in [0.05, 0.1) is 19.1 Å². The van der Waals surface area contributed by atoms with Crippen LogP contribution in [0.15, 0.2) is 42.5 Å². The molecule has 8 nitrogen and oxygen atoms in total. The summed E-state index contributed by atoms with van der Waals surface area (Å²) in [5.41, 5.74) is 1.63. The monoisotopic (exact) mass is 507 g/mol. The van der Waals surface area contributed by atoms with Crippen molar-refractivity contribution in [3.05, 3.63) is 59.4 Å². The molecule has 192 valence electrons. The summed E-state index contributed by atoms with van der Waals surface area (Å²) in [4.78, 5) is 27.9. The van der Waals surface area contributed by atoms with E-state index >= 15 is 0 Å². The molecule has 0 saturated carbocycles. The van der Waals surface area contributed by atoms with Crippen LogP contribution in [0.1, 0.15) is 37.8 Å². The van der Waals surface area contributed by atoms with Crippen LogP contribution in [0.3, 0.4) is 0 Å². The minimum absolute atomic E-state index is 0.0136. The summed E-state index contributed by atoms with van der Waals surface area (Å²) < 4.78 is 45.3. The van der Waals surface area contributed by atoms with E-state index in [1.54, 1.807) is 32.0 Å². The van der Waals surface area contributed by atoms with Gasteiger partial charge >= 0.3 is 0 Å². The molecule has 2 aromatic rings. The molecular weight excluding hydrogens is 473 g/mol. The van der Waals surface area contributed by atoms with E-state index in [1.807, 2.05) is 6.92 Å². The smallest absolute Gasteiger partial charge is 0.244 e. The number of sulfonamides is 1. The van der Waals surface area contributed by atoms with E-state index in [0.717, 1.165) is 22.5 Å². The molecule has 0 heterocycles. The first-order valence-corrected chi connectivity index (χ1v) is 13.3. The van der Waals surface area contributed by atoms with Gasteiger partial charge in [0.2, 0.25) is 21.8 Å². The minimum atomic E-state index is -3.89. The lowest BCUT2D eigenvalue weighted by molar-refractivity contribution is -0.140. The van der Waals surface area contributed by atoms with Gasteiger partial charge in [-0.1, -0.05) is 32.0 Å². The quantitative estimate of drug-likeness (QED) is 0.476. The Kier molecular flexibility index (Phi) is 10.1. The molecular formula is C25H34FN3O5S. The minimum Gasteiger partial charge on any atom is -0.495 e. The number of aryl methyl sites for hydroxylation is 1. The molecule has 0 fully saturated rings. The number of nitrogens with one attached hydrogen (secondary N) is 1. The number of amides is 2. The Bertz CT molecular complexity index is 1120. The molecule has 35 heavy (non-hydrogen) atoms. The molecule has 0 aliphatic carbocycles. The number of nitrogens with zero attached hydrogens (tertiary/aromatic N) is 2. The van der Waals surface area contributed by atoms with Gasteiger partial charge in [0.1, 0.15) is 24.2 Å². The average Bonchev–Trinajstić information content (AvgIpc) is 2.81. The standard InChI is InChI=1S/C25H34FN3O5S/c1-6-14-27-25(31)21(7-2)28(16-19-9-11-20(26)12-10-19)24(30)17-29(35(5,32)33)22-15-18(3)8-13-23(22)34-4/h8-13,15,21H,6-7,14,16-17H2,1-5H3,(H,27,31)/t21-/m0/s1. The Balaban J connectivity index is 2.48. The molecule has 0 aliphatic heterocycles. The van der Waals surface area contributed by atoms with Crippen LogP contribution in [0.25, 0.3) is 0 Å². The summed E-state index contributed by atoms with van der Waals surface area (Å²) in [6.45, 7) is 5.43. The van der Waals surface area contributed by atoms with Crippen LogP contribution >= 0.6 is 0 Å². The van der Waals surface area contributed by atoms with Crippen molar-refractivity contribution in [2.75, 3.05) is 30.8 Å². The van der Waals surface area contributed by atoms with E-state index < -0.39 is 34.3 Å². The van der Waals surface area contributed by atoms with Crippen LogP contribution < -0.4 is 14.4 Å². The van der Waals surface area contributed by atoms with E-state index in [4.69, 9.17) is 4.74 Å². The summed E-state index contributed by atoms with van der Waals surface area (Å²) in [6, 6.07) is 9.82. The van der Waals surface area contributed by atoms with Crippen LogP contribution in [-0.4, -0.2) is 57.6 Å². The largest absolute Gasteiger partial charge is 0.495 e. The molecule has 10 heteroatoms. The summed E-state index contributed by atoms with van der Waals surface area (Å²) in [5.74, 6) is -1.02. The zero-order valence-electron chi connectivity index (χ0n) is 20.9. The predicted octanol–water partition coefficient (Wildman–Crippen LogP) is 3.24.